The predicted molar refractivity (Wildman–Crippen MR) is 37.0 cm³/mol. The third-order valence-corrected chi connectivity index (χ3v) is 1.88. The summed E-state index contributed by atoms with van der Waals surface area (Å²) in [5, 5.41) is 8.87. The van der Waals surface area contributed by atoms with Gasteiger partial charge < -0.3 is 10.00 Å². The van der Waals surface area contributed by atoms with Gasteiger partial charge in [-0.3, -0.25) is 4.57 Å². The minimum absolute atomic E-state index is 0.250. The Labute approximate surface area is 55.6 Å². The smallest absolute Gasteiger partial charge is 0.189 e. The Bertz CT molecular complexity index is 94.2. The maximum atomic E-state index is 10.1. The van der Waals surface area contributed by atoms with Crippen LogP contribution in [-0.2, 0) is 4.57 Å². The summed E-state index contributed by atoms with van der Waals surface area (Å²) >= 11 is 0. The molecule has 0 aromatic carbocycles. The molecule has 0 aliphatic carbocycles. The number of aliphatic hydroxyl groups is 1. The number of aliphatic hydroxyl groups excluding tert-OH is 1. The molecule has 4 heteroatoms. The SMILES string of the molecule is CCC(O)CC[PH](=O)O. The third kappa shape index (κ3) is 6.03. The van der Waals surface area contributed by atoms with E-state index < -0.39 is 14.1 Å². The second kappa shape index (κ2) is 4.98. The highest BCUT2D eigenvalue weighted by Crippen LogP contribution is 2.15. The molecule has 0 aromatic heterocycles. The van der Waals surface area contributed by atoms with E-state index >= 15 is 0 Å². The van der Waals surface area contributed by atoms with Crippen LogP contribution in [0.15, 0.2) is 0 Å². The Kier molecular flexibility index (Phi) is 5.06. The summed E-state index contributed by atoms with van der Waals surface area (Å²) < 4.78 is 10.1. The van der Waals surface area contributed by atoms with Crippen LogP contribution >= 0.6 is 8.03 Å². The molecule has 2 N–H and O–H groups in total. The molecule has 9 heavy (non-hydrogen) atoms. The molecule has 0 aromatic rings. The molecule has 0 bridgehead atoms. The van der Waals surface area contributed by atoms with Crippen LogP contribution in [0.25, 0.3) is 0 Å². The lowest BCUT2D eigenvalue weighted by Crippen LogP contribution is -2.04. The van der Waals surface area contributed by atoms with Gasteiger partial charge in [-0.2, -0.15) is 0 Å². The van der Waals surface area contributed by atoms with Crippen LogP contribution < -0.4 is 0 Å². The van der Waals surface area contributed by atoms with Crippen molar-refractivity contribution in [2.75, 3.05) is 6.16 Å². The summed E-state index contributed by atoms with van der Waals surface area (Å²) in [6, 6.07) is 0. The predicted octanol–water partition coefficient (Wildman–Crippen LogP) is 0.614. The van der Waals surface area contributed by atoms with Crippen LogP contribution in [0.4, 0.5) is 0 Å². The van der Waals surface area contributed by atoms with Crippen molar-refractivity contribution in [3.8, 4) is 0 Å². The van der Waals surface area contributed by atoms with Crippen LogP contribution in [0.1, 0.15) is 19.8 Å². The van der Waals surface area contributed by atoms with Crippen LogP contribution in [0.2, 0.25) is 0 Å². The lowest BCUT2D eigenvalue weighted by molar-refractivity contribution is 0.166. The largest absolute Gasteiger partial charge is 0.393 e. The van der Waals surface area contributed by atoms with Crippen LogP contribution in [-0.4, -0.2) is 22.3 Å². The van der Waals surface area contributed by atoms with Gasteiger partial charge >= 0.3 is 0 Å². The molecule has 0 aliphatic heterocycles. The van der Waals surface area contributed by atoms with E-state index in [0.29, 0.717) is 12.8 Å². The zero-order valence-electron chi connectivity index (χ0n) is 5.50. The molecular formula is C5H13O3P. The third-order valence-electron chi connectivity index (χ3n) is 1.16. The van der Waals surface area contributed by atoms with Gasteiger partial charge in [0.05, 0.1) is 6.10 Å². The van der Waals surface area contributed by atoms with E-state index in [1.807, 2.05) is 6.92 Å². The van der Waals surface area contributed by atoms with Gasteiger partial charge in [0.2, 0.25) is 0 Å². The Hall–Kier alpha value is 0.150. The molecule has 0 aliphatic rings. The fourth-order valence-corrected chi connectivity index (χ4v) is 1.07. The first kappa shape index (κ1) is 9.15. The highest BCUT2D eigenvalue weighted by atomic mass is 31.1. The van der Waals surface area contributed by atoms with Crippen molar-refractivity contribution < 1.29 is 14.6 Å². The van der Waals surface area contributed by atoms with Crippen molar-refractivity contribution in [2.45, 2.75) is 25.9 Å². The molecule has 0 fully saturated rings. The molecule has 3 nitrogen and oxygen atoms in total. The molecule has 2 unspecified atom stereocenters. The van der Waals surface area contributed by atoms with Gasteiger partial charge in [-0.05, 0) is 12.8 Å². The summed E-state index contributed by atoms with van der Waals surface area (Å²) in [4.78, 5) is 8.33. The molecule has 0 rings (SSSR count). The minimum Gasteiger partial charge on any atom is -0.393 e. The number of rotatable bonds is 4. The zero-order valence-corrected chi connectivity index (χ0v) is 6.50. The molecule has 56 valence electrons. The molecular weight excluding hydrogens is 139 g/mol. The van der Waals surface area contributed by atoms with Gasteiger partial charge in [0.1, 0.15) is 0 Å². The molecule has 2 atom stereocenters. The second-order valence-electron chi connectivity index (χ2n) is 1.99. The van der Waals surface area contributed by atoms with E-state index in [-0.39, 0.29) is 6.16 Å². The van der Waals surface area contributed by atoms with E-state index in [1.54, 1.807) is 0 Å². The van der Waals surface area contributed by atoms with Crippen molar-refractivity contribution in [3.05, 3.63) is 0 Å². The summed E-state index contributed by atoms with van der Waals surface area (Å²) in [5.41, 5.74) is 0. The van der Waals surface area contributed by atoms with Crippen molar-refractivity contribution >= 4 is 8.03 Å². The highest BCUT2D eigenvalue weighted by Gasteiger charge is 2.01. The second-order valence-corrected chi connectivity index (χ2v) is 3.28. The standard InChI is InChI=1S/C5H13O3P/c1-2-5(6)3-4-9(7)8/h5-6,9H,2-4H2,1H3,(H,7,8). The van der Waals surface area contributed by atoms with Crippen molar-refractivity contribution in [1.82, 2.24) is 0 Å². The molecule has 0 amide bonds. The quantitative estimate of drug-likeness (QED) is 0.580. The Morgan fingerprint density at radius 3 is 2.56 bits per heavy atom. The van der Waals surface area contributed by atoms with Gasteiger partial charge in [-0.15, -0.1) is 0 Å². The Balaban J connectivity index is 3.16. The Morgan fingerprint density at radius 2 is 2.22 bits per heavy atom. The topological polar surface area (TPSA) is 57.5 Å². The normalized spacial score (nSPS) is 17.2. The van der Waals surface area contributed by atoms with Crippen molar-refractivity contribution in [2.24, 2.45) is 0 Å². The fourth-order valence-electron chi connectivity index (χ4n) is 0.494. The van der Waals surface area contributed by atoms with Crippen LogP contribution in [0.5, 0.6) is 0 Å². The van der Waals surface area contributed by atoms with E-state index in [2.05, 4.69) is 0 Å². The first-order valence-electron chi connectivity index (χ1n) is 3.06. The number of hydrogen-bond donors (Lipinski definition) is 2. The van der Waals surface area contributed by atoms with Crippen LogP contribution in [0.3, 0.4) is 0 Å². The minimum atomic E-state index is -2.35. The summed E-state index contributed by atoms with van der Waals surface area (Å²) in [5.74, 6) is 0. The molecule has 0 radical (unpaired) electrons. The zero-order chi connectivity index (χ0) is 7.28. The van der Waals surface area contributed by atoms with Crippen molar-refractivity contribution in [1.29, 1.82) is 0 Å². The maximum Gasteiger partial charge on any atom is 0.189 e. The first-order valence-corrected chi connectivity index (χ1v) is 4.63. The molecule has 0 spiro atoms. The molecule has 0 saturated carbocycles. The van der Waals surface area contributed by atoms with E-state index in [4.69, 9.17) is 10.00 Å². The van der Waals surface area contributed by atoms with Gasteiger partial charge in [0.25, 0.3) is 0 Å². The Morgan fingerprint density at radius 1 is 1.67 bits per heavy atom. The van der Waals surface area contributed by atoms with Gasteiger partial charge in [0.15, 0.2) is 8.03 Å². The molecule has 0 heterocycles. The molecule has 0 saturated heterocycles. The summed E-state index contributed by atoms with van der Waals surface area (Å²) in [6.07, 6.45) is 0.964. The lowest BCUT2D eigenvalue weighted by Gasteiger charge is -2.03. The van der Waals surface area contributed by atoms with E-state index in [9.17, 15) is 4.57 Å². The maximum absolute atomic E-state index is 10.1. The van der Waals surface area contributed by atoms with Crippen molar-refractivity contribution in [3.63, 3.8) is 0 Å². The average molecular weight is 152 g/mol. The summed E-state index contributed by atoms with van der Waals surface area (Å²) in [6.45, 7) is 1.85. The van der Waals surface area contributed by atoms with Gasteiger partial charge in [-0.25, -0.2) is 0 Å². The fraction of sp³-hybridized carbons (Fsp3) is 1.00. The van der Waals surface area contributed by atoms with E-state index in [0.717, 1.165) is 0 Å². The average Bonchev–Trinajstić information content (AvgIpc) is 1.83. The van der Waals surface area contributed by atoms with Gasteiger partial charge in [-0.1, -0.05) is 6.92 Å². The summed E-state index contributed by atoms with van der Waals surface area (Å²) in [7, 11) is -2.35. The number of hydrogen-bond acceptors (Lipinski definition) is 2. The highest BCUT2D eigenvalue weighted by molar-refractivity contribution is 7.37. The first-order chi connectivity index (χ1) is 4.16. The van der Waals surface area contributed by atoms with E-state index in [1.165, 1.54) is 0 Å². The van der Waals surface area contributed by atoms with Gasteiger partial charge in [0, 0.05) is 6.16 Å². The lowest BCUT2D eigenvalue weighted by atomic mass is 10.2. The monoisotopic (exact) mass is 152 g/mol. The van der Waals surface area contributed by atoms with Crippen LogP contribution in [0, 0.1) is 0 Å².